The molecule has 0 aromatic heterocycles. The fraction of sp³-hybridized carbons (Fsp3) is 0.200. The number of anilines is 1. The lowest BCUT2D eigenvalue weighted by molar-refractivity contribution is -0.125. The lowest BCUT2D eigenvalue weighted by atomic mass is 9.77. The molecule has 7 nitrogen and oxygen atoms in total. The summed E-state index contributed by atoms with van der Waals surface area (Å²) in [5.41, 5.74) is 1.88. The van der Waals surface area contributed by atoms with Crippen molar-refractivity contribution >= 4 is 40.7 Å². The van der Waals surface area contributed by atoms with Crippen LogP contribution in [-0.2, 0) is 21.5 Å². The van der Waals surface area contributed by atoms with Gasteiger partial charge in [0, 0.05) is 33.9 Å². The molecule has 3 aliphatic rings. The summed E-state index contributed by atoms with van der Waals surface area (Å²) >= 11 is 12.2. The van der Waals surface area contributed by atoms with Gasteiger partial charge in [0.25, 0.3) is 0 Å². The predicted octanol–water partition coefficient (Wildman–Crippen LogP) is 4.06. The first kappa shape index (κ1) is 21.1. The molecule has 1 N–H and O–H groups in total. The van der Waals surface area contributed by atoms with Crippen LogP contribution in [0, 0.1) is 0 Å². The first-order valence-corrected chi connectivity index (χ1v) is 11.4. The minimum atomic E-state index is -1.05. The van der Waals surface area contributed by atoms with Crippen LogP contribution in [0.3, 0.4) is 0 Å². The number of amides is 2. The third-order valence-electron chi connectivity index (χ3n) is 6.44. The second-order valence-electron chi connectivity index (χ2n) is 8.32. The van der Waals surface area contributed by atoms with Crippen LogP contribution in [0.15, 0.2) is 54.6 Å². The molecular formula is C25H18Cl2N2O5. The highest BCUT2D eigenvalue weighted by molar-refractivity contribution is 6.35. The van der Waals surface area contributed by atoms with Crippen LogP contribution >= 0.6 is 23.2 Å². The Labute approximate surface area is 205 Å². The number of nitrogens with one attached hydrogen (secondary N) is 1. The van der Waals surface area contributed by atoms with Crippen LogP contribution < -0.4 is 24.4 Å². The number of carbonyl (C=O) groups is 2. The summed E-state index contributed by atoms with van der Waals surface area (Å²) in [6.07, 6.45) is 0. The molecular weight excluding hydrogens is 479 g/mol. The molecule has 1 spiro atoms. The van der Waals surface area contributed by atoms with Gasteiger partial charge < -0.3 is 24.4 Å². The fourth-order valence-corrected chi connectivity index (χ4v) is 5.26. The summed E-state index contributed by atoms with van der Waals surface area (Å²) in [4.78, 5) is 28.3. The molecule has 34 heavy (non-hydrogen) atoms. The monoisotopic (exact) mass is 496 g/mol. The van der Waals surface area contributed by atoms with Crippen molar-refractivity contribution in [1.82, 2.24) is 5.32 Å². The smallest absolute Gasteiger partial charge is 0.246 e. The van der Waals surface area contributed by atoms with E-state index in [4.69, 9.17) is 37.4 Å². The summed E-state index contributed by atoms with van der Waals surface area (Å²) in [7, 11) is 0. The Bertz CT molecular complexity index is 1360. The number of ether oxygens (including phenoxy) is 3. The van der Waals surface area contributed by atoms with Gasteiger partial charge in [0.15, 0.2) is 11.5 Å². The van der Waals surface area contributed by atoms with Crippen molar-refractivity contribution in [3.05, 3.63) is 81.3 Å². The fourth-order valence-electron chi connectivity index (χ4n) is 4.78. The Morgan fingerprint density at radius 3 is 2.59 bits per heavy atom. The van der Waals surface area contributed by atoms with E-state index in [0.29, 0.717) is 38.5 Å². The van der Waals surface area contributed by atoms with Crippen molar-refractivity contribution in [3.63, 3.8) is 0 Å². The molecule has 1 atom stereocenters. The first-order chi connectivity index (χ1) is 16.5. The Balaban J connectivity index is 1.29. The highest BCUT2D eigenvalue weighted by Crippen LogP contribution is 2.54. The third-order valence-corrected chi connectivity index (χ3v) is 7.02. The minimum Gasteiger partial charge on any atom is -0.491 e. The van der Waals surface area contributed by atoms with Crippen molar-refractivity contribution < 1.29 is 23.8 Å². The standard InChI is InChI=1S/C25H18Cl2N2O5/c26-15-6-5-14(18(27)7-15)10-28-23(30)11-29-19-4-2-1-3-16(19)25(24(29)31)12-32-20-9-22-21(8-17(20)25)33-13-34-22/h1-9H,10-13H2,(H,28,30). The molecule has 1 unspecified atom stereocenters. The molecule has 0 fully saturated rings. The van der Waals surface area contributed by atoms with Crippen LogP contribution in [-0.4, -0.2) is 31.8 Å². The Morgan fingerprint density at radius 2 is 1.76 bits per heavy atom. The molecule has 2 amide bonds. The molecule has 3 aromatic rings. The molecule has 3 heterocycles. The maximum Gasteiger partial charge on any atom is 0.246 e. The summed E-state index contributed by atoms with van der Waals surface area (Å²) < 4.78 is 17.0. The summed E-state index contributed by atoms with van der Waals surface area (Å²) in [6.45, 7) is 0.348. The normalized spacial score (nSPS) is 19.2. The Hall–Kier alpha value is -3.42. The maximum atomic E-state index is 13.9. The van der Waals surface area contributed by atoms with Crippen molar-refractivity contribution in [1.29, 1.82) is 0 Å². The van der Waals surface area contributed by atoms with Crippen LogP contribution in [0.2, 0.25) is 10.0 Å². The van der Waals surface area contributed by atoms with E-state index in [1.54, 1.807) is 24.3 Å². The van der Waals surface area contributed by atoms with Gasteiger partial charge in [0.05, 0.1) is 0 Å². The molecule has 9 heteroatoms. The van der Waals surface area contributed by atoms with E-state index in [2.05, 4.69) is 5.32 Å². The molecule has 0 radical (unpaired) electrons. The zero-order chi connectivity index (χ0) is 23.4. The van der Waals surface area contributed by atoms with Gasteiger partial charge in [-0.3, -0.25) is 9.59 Å². The molecule has 0 saturated heterocycles. The molecule has 0 saturated carbocycles. The summed E-state index contributed by atoms with van der Waals surface area (Å²) in [6, 6.07) is 16.1. The third kappa shape index (κ3) is 3.11. The summed E-state index contributed by atoms with van der Waals surface area (Å²) in [5, 5.41) is 3.83. The lowest BCUT2D eigenvalue weighted by Crippen LogP contribution is -2.46. The van der Waals surface area contributed by atoms with Gasteiger partial charge in [-0.25, -0.2) is 0 Å². The average Bonchev–Trinajstić information content (AvgIpc) is 3.50. The molecule has 0 aliphatic carbocycles. The Kier molecular flexibility index (Phi) is 4.86. The van der Waals surface area contributed by atoms with E-state index in [1.165, 1.54) is 4.90 Å². The quantitative estimate of drug-likeness (QED) is 0.589. The average molecular weight is 497 g/mol. The zero-order valence-corrected chi connectivity index (χ0v) is 19.3. The van der Waals surface area contributed by atoms with E-state index < -0.39 is 5.41 Å². The number of rotatable bonds is 4. The SMILES string of the molecule is O=C(CN1C(=O)C2(COc3cc4c(cc32)OCO4)c2ccccc21)NCc1ccc(Cl)cc1Cl. The second kappa shape index (κ2) is 7.82. The lowest BCUT2D eigenvalue weighted by Gasteiger charge is -2.23. The first-order valence-electron chi connectivity index (χ1n) is 10.7. The van der Waals surface area contributed by atoms with Crippen molar-refractivity contribution in [2.24, 2.45) is 0 Å². The number of benzene rings is 3. The van der Waals surface area contributed by atoms with E-state index in [0.717, 1.165) is 11.1 Å². The van der Waals surface area contributed by atoms with Gasteiger partial charge in [-0.15, -0.1) is 0 Å². The van der Waals surface area contributed by atoms with Gasteiger partial charge in [-0.2, -0.15) is 0 Å². The van der Waals surface area contributed by atoms with Gasteiger partial charge in [-0.1, -0.05) is 47.5 Å². The molecule has 172 valence electrons. The second-order valence-corrected chi connectivity index (χ2v) is 9.16. The van der Waals surface area contributed by atoms with Crippen molar-refractivity contribution in [2.75, 3.05) is 24.8 Å². The maximum absolute atomic E-state index is 13.9. The highest BCUT2D eigenvalue weighted by Gasteiger charge is 2.57. The molecule has 3 aliphatic heterocycles. The van der Waals surface area contributed by atoms with Crippen LogP contribution in [0.25, 0.3) is 0 Å². The number of halogens is 2. The van der Waals surface area contributed by atoms with Gasteiger partial charge >= 0.3 is 0 Å². The van der Waals surface area contributed by atoms with E-state index in [1.807, 2.05) is 30.3 Å². The topological polar surface area (TPSA) is 77.1 Å². The Morgan fingerprint density at radius 1 is 0.971 bits per heavy atom. The van der Waals surface area contributed by atoms with Gasteiger partial charge in [0.2, 0.25) is 18.6 Å². The van der Waals surface area contributed by atoms with Crippen molar-refractivity contribution in [3.8, 4) is 17.2 Å². The molecule has 0 bridgehead atoms. The van der Waals surface area contributed by atoms with Gasteiger partial charge in [0.1, 0.15) is 24.3 Å². The zero-order valence-electron chi connectivity index (χ0n) is 17.8. The molecule has 3 aromatic carbocycles. The van der Waals surface area contributed by atoms with Crippen LogP contribution in [0.5, 0.6) is 17.2 Å². The predicted molar refractivity (Wildman–Crippen MR) is 126 cm³/mol. The number of nitrogens with zero attached hydrogens (tertiary/aromatic N) is 1. The van der Waals surface area contributed by atoms with E-state index >= 15 is 0 Å². The number of fused-ring (bicyclic) bond motifs is 5. The molecule has 6 rings (SSSR count). The van der Waals surface area contributed by atoms with Gasteiger partial charge in [-0.05, 0) is 35.4 Å². The van der Waals surface area contributed by atoms with Crippen molar-refractivity contribution in [2.45, 2.75) is 12.0 Å². The number of hydrogen-bond donors (Lipinski definition) is 1. The number of carbonyl (C=O) groups excluding carboxylic acids is 2. The minimum absolute atomic E-state index is 0.125. The van der Waals surface area contributed by atoms with E-state index in [-0.39, 0.29) is 38.3 Å². The number of para-hydroxylation sites is 1. The largest absolute Gasteiger partial charge is 0.491 e. The van der Waals surface area contributed by atoms with Crippen LogP contribution in [0.1, 0.15) is 16.7 Å². The van der Waals surface area contributed by atoms with E-state index in [9.17, 15) is 9.59 Å². The number of hydrogen-bond acceptors (Lipinski definition) is 5. The van der Waals surface area contributed by atoms with Crippen LogP contribution in [0.4, 0.5) is 5.69 Å². The highest BCUT2D eigenvalue weighted by atomic mass is 35.5. The summed E-state index contributed by atoms with van der Waals surface area (Å²) in [5.74, 6) is 1.22.